The Labute approximate surface area is 89.9 Å². The van der Waals surface area contributed by atoms with Gasteiger partial charge in [0.15, 0.2) is 0 Å². The second kappa shape index (κ2) is 3.91. The van der Waals surface area contributed by atoms with E-state index in [1.165, 1.54) is 7.11 Å². The van der Waals surface area contributed by atoms with Gasteiger partial charge in [0.1, 0.15) is 16.6 Å². The Kier molecular flexibility index (Phi) is 3.22. The Bertz CT molecular complexity index is 347. The van der Waals surface area contributed by atoms with Crippen LogP contribution in [0.25, 0.3) is 0 Å². The van der Waals surface area contributed by atoms with Crippen LogP contribution >= 0.6 is 11.6 Å². The maximum Gasteiger partial charge on any atom is 0.144 e. The summed E-state index contributed by atoms with van der Waals surface area (Å²) in [6.45, 7) is 6.23. The number of methoxy groups -OCH3 is 1. The third-order valence-electron chi connectivity index (χ3n) is 2.07. The minimum absolute atomic E-state index is 0.0902. The molecule has 0 aliphatic carbocycles. The monoisotopic (exact) mass is 232 g/mol. The van der Waals surface area contributed by atoms with Crippen molar-refractivity contribution in [1.29, 1.82) is 0 Å². The van der Waals surface area contributed by atoms with E-state index < -0.39 is 8.07 Å². The van der Waals surface area contributed by atoms with E-state index >= 15 is 0 Å². The minimum Gasteiger partial charge on any atom is -0.495 e. The fourth-order valence-electron chi connectivity index (χ4n) is 1.27. The van der Waals surface area contributed by atoms with Crippen LogP contribution < -0.4 is 9.92 Å². The van der Waals surface area contributed by atoms with E-state index in [9.17, 15) is 4.39 Å². The Morgan fingerprint density at radius 2 is 1.86 bits per heavy atom. The smallest absolute Gasteiger partial charge is 0.144 e. The van der Waals surface area contributed by atoms with Gasteiger partial charge in [0.05, 0.1) is 15.2 Å². The number of ether oxygens (including phenoxy) is 1. The largest absolute Gasteiger partial charge is 0.495 e. The molecule has 14 heavy (non-hydrogen) atoms. The topological polar surface area (TPSA) is 9.23 Å². The first-order chi connectivity index (χ1) is 6.38. The summed E-state index contributed by atoms with van der Waals surface area (Å²) in [4.78, 5) is 0. The van der Waals surface area contributed by atoms with Crippen LogP contribution in [0.5, 0.6) is 5.75 Å². The van der Waals surface area contributed by atoms with Gasteiger partial charge < -0.3 is 4.74 Å². The highest BCUT2D eigenvalue weighted by atomic mass is 35.5. The summed E-state index contributed by atoms with van der Waals surface area (Å²) in [5.74, 6) is 0.0661. The van der Waals surface area contributed by atoms with Gasteiger partial charge in [-0.2, -0.15) is 0 Å². The van der Waals surface area contributed by atoms with Gasteiger partial charge in [0.25, 0.3) is 0 Å². The number of rotatable bonds is 2. The zero-order valence-corrected chi connectivity index (χ0v) is 10.6. The van der Waals surface area contributed by atoms with Crippen molar-refractivity contribution >= 4 is 24.9 Å². The second-order valence-electron chi connectivity index (χ2n) is 4.19. The van der Waals surface area contributed by atoms with Gasteiger partial charge in [0, 0.05) is 0 Å². The molecule has 0 saturated heterocycles. The molecule has 1 rings (SSSR count). The molecule has 0 N–H and O–H groups in total. The maximum absolute atomic E-state index is 13.8. The first kappa shape index (κ1) is 11.5. The van der Waals surface area contributed by atoms with Crippen LogP contribution in [0.3, 0.4) is 0 Å². The molecule has 0 unspecified atom stereocenters. The maximum atomic E-state index is 13.8. The van der Waals surface area contributed by atoms with Crippen LogP contribution in [0.15, 0.2) is 12.1 Å². The van der Waals surface area contributed by atoms with Gasteiger partial charge >= 0.3 is 0 Å². The first-order valence-corrected chi connectivity index (χ1v) is 8.28. The molecule has 0 heterocycles. The molecule has 0 atom stereocenters. The lowest BCUT2D eigenvalue weighted by atomic mass is 10.3. The van der Waals surface area contributed by atoms with E-state index in [-0.39, 0.29) is 10.8 Å². The molecule has 0 radical (unpaired) electrons. The van der Waals surface area contributed by atoms with E-state index in [2.05, 4.69) is 19.6 Å². The predicted octanol–water partition coefficient (Wildman–Crippen LogP) is 3.03. The second-order valence-corrected chi connectivity index (χ2v) is 9.61. The zero-order valence-electron chi connectivity index (χ0n) is 8.82. The molecule has 4 heteroatoms. The average Bonchev–Trinajstić information content (AvgIpc) is 2.07. The highest BCUT2D eigenvalue weighted by Gasteiger charge is 2.23. The summed E-state index contributed by atoms with van der Waals surface area (Å²) in [5.41, 5.74) is 0. The van der Waals surface area contributed by atoms with Crippen LogP contribution in [0.2, 0.25) is 24.7 Å². The third-order valence-corrected chi connectivity index (χ3v) is 4.43. The number of halogens is 2. The van der Waals surface area contributed by atoms with E-state index in [0.717, 1.165) is 5.19 Å². The Hall–Kier alpha value is -0.543. The quantitative estimate of drug-likeness (QED) is 0.713. The van der Waals surface area contributed by atoms with Crippen molar-refractivity contribution in [1.82, 2.24) is 0 Å². The molecule has 0 aliphatic rings. The molecule has 78 valence electrons. The first-order valence-electron chi connectivity index (χ1n) is 4.40. The Morgan fingerprint density at radius 1 is 1.29 bits per heavy atom. The van der Waals surface area contributed by atoms with Crippen molar-refractivity contribution in [3.63, 3.8) is 0 Å². The Balaban J connectivity index is 3.31. The van der Waals surface area contributed by atoms with Crippen molar-refractivity contribution in [2.24, 2.45) is 0 Å². The van der Waals surface area contributed by atoms with E-state index in [0.29, 0.717) is 5.75 Å². The molecule has 0 amide bonds. The molecule has 1 aromatic rings. The summed E-state index contributed by atoms with van der Waals surface area (Å²) in [7, 11) is -0.179. The molecular formula is C10H14ClFOSi. The molecule has 0 aromatic heterocycles. The van der Waals surface area contributed by atoms with Gasteiger partial charge in [-0.15, -0.1) is 0 Å². The van der Waals surface area contributed by atoms with Crippen LogP contribution in [-0.4, -0.2) is 15.2 Å². The van der Waals surface area contributed by atoms with Gasteiger partial charge in [-0.05, 0) is 11.3 Å². The molecule has 1 nitrogen and oxygen atoms in total. The molecule has 0 spiro atoms. The highest BCUT2D eigenvalue weighted by molar-refractivity contribution is 6.88. The molecule has 0 fully saturated rings. The van der Waals surface area contributed by atoms with Crippen molar-refractivity contribution in [3.8, 4) is 5.75 Å². The molecule has 0 saturated carbocycles. The van der Waals surface area contributed by atoms with Crippen molar-refractivity contribution in [3.05, 3.63) is 23.0 Å². The zero-order chi connectivity index (χ0) is 10.9. The summed E-state index contributed by atoms with van der Waals surface area (Å²) >= 11 is 5.83. The van der Waals surface area contributed by atoms with Gasteiger partial charge in [-0.3, -0.25) is 0 Å². The SMILES string of the molecule is COc1ccc([Si](C)(C)C)c(F)c1Cl. The van der Waals surface area contributed by atoms with Crippen LogP contribution in [0, 0.1) is 5.82 Å². The fraction of sp³-hybridized carbons (Fsp3) is 0.400. The number of benzene rings is 1. The van der Waals surface area contributed by atoms with E-state index in [1.807, 2.05) is 0 Å². The number of hydrogen-bond acceptors (Lipinski definition) is 1. The van der Waals surface area contributed by atoms with Gasteiger partial charge in [0.2, 0.25) is 0 Å². The highest BCUT2D eigenvalue weighted by Crippen LogP contribution is 2.26. The summed E-state index contributed by atoms with van der Waals surface area (Å²) < 4.78 is 18.7. The van der Waals surface area contributed by atoms with Crippen LogP contribution in [0.1, 0.15) is 0 Å². The van der Waals surface area contributed by atoms with Gasteiger partial charge in [-0.25, -0.2) is 4.39 Å². The standard InChI is InChI=1S/C10H14ClFOSi/c1-13-7-5-6-8(14(2,3)4)10(12)9(7)11/h5-6H,1-4H3. The average molecular weight is 233 g/mol. The summed E-state index contributed by atoms with van der Waals surface area (Å²) in [5, 5.41) is 0.829. The number of hydrogen-bond donors (Lipinski definition) is 0. The van der Waals surface area contributed by atoms with Crippen LogP contribution in [-0.2, 0) is 0 Å². The lowest BCUT2D eigenvalue weighted by molar-refractivity contribution is 0.412. The fourth-order valence-corrected chi connectivity index (χ4v) is 2.96. The van der Waals surface area contributed by atoms with Crippen LogP contribution in [0.4, 0.5) is 4.39 Å². The lowest BCUT2D eigenvalue weighted by Gasteiger charge is -2.18. The molecule has 0 bridgehead atoms. The molecular weight excluding hydrogens is 219 g/mol. The third kappa shape index (κ3) is 2.09. The Morgan fingerprint density at radius 3 is 2.29 bits per heavy atom. The van der Waals surface area contributed by atoms with E-state index in [4.69, 9.17) is 16.3 Å². The summed E-state index contributed by atoms with van der Waals surface area (Å²) in [6.07, 6.45) is 0. The predicted molar refractivity (Wildman–Crippen MR) is 60.9 cm³/mol. The van der Waals surface area contributed by atoms with E-state index in [1.54, 1.807) is 12.1 Å². The molecule has 0 aliphatic heterocycles. The molecule has 1 aromatic carbocycles. The lowest BCUT2D eigenvalue weighted by Crippen LogP contribution is -2.40. The van der Waals surface area contributed by atoms with Crippen molar-refractivity contribution < 1.29 is 9.13 Å². The minimum atomic E-state index is -1.66. The van der Waals surface area contributed by atoms with Crippen molar-refractivity contribution in [2.75, 3.05) is 7.11 Å². The normalized spacial score (nSPS) is 11.6. The summed E-state index contributed by atoms with van der Waals surface area (Å²) in [6, 6.07) is 3.49. The van der Waals surface area contributed by atoms with Crippen molar-refractivity contribution in [2.45, 2.75) is 19.6 Å². The van der Waals surface area contributed by atoms with Gasteiger partial charge in [-0.1, -0.05) is 37.3 Å².